The lowest BCUT2D eigenvalue weighted by Crippen LogP contribution is -2.39. The molecule has 10 nitrogen and oxygen atoms in total. The Morgan fingerprint density at radius 2 is 2.00 bits per heavy atom. The van der Waals surface area contributed by atoms with Crippen molar-refractivity contribution < 1.29 is 14.4 Å². The Labute approximate surface area is 177 Å². The molecule has 0 saturated carbocycles. The number of morpholine rings is 1. The average molecular weight is 418 g/mol. The van der Waals surface area contributed by atoms with E-state index in [1.807, 2.05) is 6.19 Å². The summed E-state index contributed by atoms with van der Waals surface area (Å²) in [5.41, 5.74) is 3.32. The molecule has 0 unspecified atom stereocenters. The molecule has 0 spiro atoms. The molecular formula is C20H31N7O3. The third-order valence-corrected chi connectivity index (χ3v) is 4.50. The van der Waals surface area contributed by atoms with Gasteiger partial charge < -0.3 is 10.1 Å². The van der Waals surface area contributed by atoms with Crippen LogP contribution < -0.4 is 16.1 Å². The van der Waals surface area contributed by atoms with Gasteiger partial charge in [0, 0.05) is 50.7 Å². The van der Waals surface area contributed by atoms with E-state index in [9.17, 15) is 4.79 Å². The van der Waals surface area contributed by atoms with Gasteiger partial charge in [0.1, 0.15) is 0 Å². The van der Waals surface area contributed by atoms with Crippen molar-refractivity contribution in [1.82, 2.24) is 20.7 Å². The summed E-state index contributed by atoms with van der Waals surface area (Å²) in [6.45, 7) is 5.21. The van der Waals surface area contributed by atoms with Crippen LogP contribution in [0.4, 0.5) is 5.69 Å². The summed E-state index contributed by atoms with van der Waals surface area (Å²) in [4.78, 5) is 27.6. The van der Waals surface area contributed by atoms with Crippen molar-refractivity contribution in [3.63, 3.8) is 0 Å². The maximum Gasteiger partial charge on any atom is 0.243 e. The number of anilines is 1. The molecule has 0 aliphatic carbocycles. The monoisotopic (exact) mass is 417 g/mol. The van der Waals surface area contributed by atoms with Gasteiger partial charge in [-0.2, -0.15) is 5.26 Å². The van der Waals surface area contributed by atoms with Gasteiger partial charge in [0.2, 0.25) is 11.9 Å². The van der Waals surface area contributed by atoms with Gasteiger partial charge in [-0.05, 0) is 25.0 Å². The van der Waals surface area contributed by atoms with E-state index >= 15 is 0 Å². The molecule has 0 atom stereocenters. The van der Waals surface area contributed by atoms with E-state index in [4.69, 9.17) is 14.8 Å². The quantitative estimate of drug-likeness (QED) is 0.116. The number of nitriles is 1. The Morgan fingerprint density at radius 3 is 2.77 bits per heavy atom. The Bertz CT molecular complexity index is 673. The second-order valence-electron chi connectivity index (χ2n) is 6.82. The number of rotatable bonds is 12. The summed E-state index contributed by atoms with van der Waals surface area (Å²) in [5.74, 6) is 0.328. The van der Waals surface area contributed by atoms with Gasteiger partial charge in [-0.25, -0.2) is 5.48 Å². The number of nitrogens with one attached hydrogen (secondary N) is 3. The number of carbonyl (C=O) groups is 1. The number of ether oxygens (including phenoxy) is 1. The molecular weight excluding hydrogens is 386 g/mol. The Kier molecular flexibility index (Phi) is 11.9. The lowest BCUT2D eigenvalue weighted by atomic mass is 10.1. The summed E-state index contributed by atoms with van der Waals surface area (Å²) in [5, 5.41) is 14.4. The first-order valence-electron chi connectivity index (χ1n) is 10.4. The number of aromatic nitrogens is 1. The molecule has 1 aliphatic heterocycles. The van der Waals surface area contributed by atoms with E-state index < -0.39 is 0 Å². The van der Waals surface area contributed by atoms with Crippen molar-refractivity contribution in [3.8, 4) is 6.19 Å². The average Bonchev–Trinajstić information content (AvgIpc) is 2.77. The normalized spacial score (nSPS) is 14.7. The number of hydroxylamine groups is 1. The minimum Gasteiger partial charge on any atom is -0.379 e. The molecule has 1 fully saturated rings. The molecule has 30 heavy (non-hydrogen) atoms. The van der Waals surface area contributed by atoms with Crippen molar-refractivity contribution >= 4 is 17.6 Å². The Morgan fingerprint density at radius 1 is 1.23 bits per heavy atom. The van der Waals surface area contributed by atoms with E-state index in [0.29, 0.717) is 25.5 Å². The van der Waals surface area contributed by atoms with Gasteiger partial charge in [-0.1, -0.05) is 12.8 Å². The predicted octanol–water partition coefficient (Wildman–Crippen LogP) is 1.25. The first-order chi connectivity index (χ1) is 14.8. The first-order valence-corrected chi connectivity index (χ1v) is 10.4. The number of guanidine groups is 1. The second kappa shape index (κ2) is 15.1. The number of nitrogens with zero attached hydrogens (tertiary/aromatic N) is 4. The van der Waals surface area contributed by atoms with Crippen LogP contribution in [0.5, 0.6) is 0 Å². The van der Waals surface area contributed by atoms with Crippen LogP contribution in [-0.2, 0) is 14.4 Å². The molecule has 1 aromatic rings. The molecule has 164 valence electrons. The molecule has 1 saturated heterocycles. The van der Waals surface area contributed by atoms with Gasteiger partial charge in [0.25, 0.3) is 0 Å². The van der Waals surface area contributed by atoms with Crippen molar-refractivity contribution in [3.05, 3.63) is 24.5 Å². The van der Waals surface area contributed by atoms with Gasteiger partial charge in [0.15, 0.2) is 6.19 Å². The number of hydrogen-bond donors (Lipinski definition) is 3. The number of pyridine rings is 1. The van der Waals surface area contributed by atoms with Gasteiger partial charge in [-0.3, -0.25) is 29.8 Å². The molecule has 0 aromatic carbocycles. The first kappa shape index (κ1) is 23.5. The van der Waals surface area contributed by atoms with Crippen molar-refractivity contribution in [2.75, 3.05) is 51.3 Å². The van der Waals surface area contributed by atoms with Crippen molar-refractivity contribution in [1.29, 1.82) is 5.26 Å². The molecule has 1 aromatic heterocycles. The van der Waals surface area contributed by atoms with Crippen LogP contribution >= 0.6 is 0 Å². The Balaban J connectivity index is 1.47. The summed E-state index contributed by atoms with van der Waals surface area (Å²) in [7, 11) is 0. The van der Waals surface area contributed by atoms with Crippen LogP contribution in [0.15, 0.2) is 29.5 Å². The fraction of sp³-hybridized carbons (Fsp3) is 0.600. The van der Waals surface area contributed by atoms with Crippen LogP contribution in [0.25, 0.3) is 0 Å². The number of amides is 1. The molecule has 3 N–H and O–H groups in total. The number of aliphatic imine (C=N–C) groups is 1. The SMILES string of the molecule is N#CNC(=NCCCCCCC(=O)NOCCN1CCOCC1)Nc1ccncc1. The van der Waals surface area contributed by atoms with Crippen molar-refractivity contribution in [2.45, 2.75) is 32.1 Å². The molecule has 10 heteroatoms. The minimum atomic E-state index is -0.0861. The number of carbonyl (C=O) groups excluding carboxylic acids is 1. The topological polar surface area (TPSA) is 124 Å². The molecule has 2 rings (SSSR count). The van der Waals surface area contributed by atoms with E-state index in [-0.39, 0.29) is 5.91 Å². The molecule has 1 aliphatic rings. The second-order valence-corrected chi connectivity index (χ2v) is 6.82. The summed E-state index contributed by atoms with van der Waals surface area (Å²) >= 11 is 0. The summed E-state index contributed by atoms with van der Waals surface area (Å²) < 4.78 is 5.29. The van der Waals surface area contributed by atoms with Crippen molar-refractivity contribution in [2.24, 2.45) is 4.99 Å². The summed E-state index contributed by atoms with van der Waals surface area (Å²) in [6, 6.07) is 3.60. The highest BCUT2D eigenvalue weighted by molar-refractivity contribution is 5.94. The Hall–Kier alpha value is -2.74. The highest BCUT2D eigenvalue weighted by Gasteiger charge is 2.09. The van der Waals surface area contributed by atoms with Crippen LogP contribution in [0, 0.1) is 11.5 Å². The highest BCUT2D eigenvalue weighted by Crippen LogP contribution is 2.05. The fourth-order valence-corrected chi connectivity index (χ4v) is 2.86. The van der Waals surface area contributed by atoms with E-state index in [2.05, 4.69) is 31.0 Å². The number of unbranched alkanes of at least 4 members (excludes halogenated alkanes) is 3. The van der Waals surface area contributed by atoms with Gasteiger partial charge in [-0.15, -0.1) is 0 Å². The zero-order valence-corrected chi connectivity index (χ0v) is 17.3. The largest absolute Gasteiger partial charge is 0.379 e. The molecule has 2 heterocycles. The van der Waals surface area contributed by atoms with Crippen LogP contribution in [-0.4, -0.2) is 67.8 Å². The van der Waals surface area contributed by atoms with Crippen LogP contribution in [0.1, 0.15) is 32.1 Å². The van der Waals surface area contributed by atoms with Crippen LogP contribution in [0.2, 0.25) is 0 Å². The van der Waals surface area contributed by atoms with E-state index in [1.165, 1.54) is 0 Å². The lowest BCUT2D eigenvalue weighted by Gasteiger charge is -2.26. The van der Waals surface area contributed by atoms with Crippen LogP contribution in [0.3, 0.4) is 0 Å². The van der Waals surface area contributed by atoms with Gasteiger partial charge >= 0.3 is 0 Å². The predicted molar refractivity (Wildman–Crippen MR) is 113 cm³/mol. The molecule has 0 bridgehead atoms. The molecule has 0 radical (unpaired) electrons. The number of hydrogen-bond acceptors (Lipinski definition) is 7. The zero-order valence-electron chi connectivity index (χ0n) is 17.3. The maximum absolute atomic E-state index is 11.8. The standard InChI is InChI=1S/C20H31N7O3/c21-17-24-20(25-18-6-9-22-10-7-18)23-8-4-2-1-3-5-19(28)26-30-16-13-27-11-14-29-15-12-27/h6-7,9-10H,1-5,8,11-16H2,(H,26,28)(H2,22,23,24,25). The fourth-order valence-electron chi connectivity index (χ4n) is 2.86. The third kappa shape index (κ3) is 10.7. The zero-order chi connectivity index (χ0) is 21.3. The summed E-state index contributed by atoms with van der Waals surface area (Å²) in [6.07, 6.45) is 9.25. The van der Waals surface area contributed by atoms with E-state index in [1.54, 1.807) is 24.5 Å². The van der Waals surface area contributed by atoms with E-state index in [0.717, 1.165) is 64.2 Å². The molecule has 1 amide bonds. The third-order valence-electron chi connectivity index (χ3n) is 4.50. The maximum atomic E-state index is 11.8. The minimum absolute atomic E-state index is 0.0861. The lowest BCUT2D eigenvalue weighted by molar-refractivity contribution is -0.134. The van der Waals surface area contributed by atoms with Gasteiger partial charge in [0.05, 0.1) is 19.8 Å². The smallest absolute Gasteiger partial charge is 0.243 e. The highest BCUT2D eigenvalue weighted by atomic mass is 16.7.